The van der Waals surface area contributed by atoms with Crippen molar-refractivity contribution in [2.45, 2.75) is 38.4 Å². The second kappa shape index (κ2) is 8.39. The molecule has 3 amide bonds. The molecule has 10 nitrogen and oxygen atoms in total. The predicted octanol–water partition coefficient (Wildman–Crippen LogP) is 2.47. The Labute approximate surface area is 195 Å². The van der Waals surface area contributed by atoms with Crippen molar-refractivity contribution < 1.29 is 14.0 Å². The van der Waals surface area contributed by atoms with Crippen LogP contribution in [0, 0.1) is 17.1 Å². The predicted molar refractivity (Wildman–Crippen MR) is 119 cm³/mol. The minimum Gasteiger partial charge on any atom is -0.307 e. The third kappa shape index (κ3) is 3.72. The first-order valence-electron chi connectivity index (χ1n) is 11.0. The van der Waals surface area contributed by atoms with E-state index in [1.54, 1.807) is 19.2 Å². The van der Waals surface area contributed by atoms with E-state index in [1.807, 2.05) is 17.8 Å². The molecule has 2 unspecified atom stereocenters. The maximum atomic E-state index is 13.6. The zero-order valence-corrected chi connectivity index (χ0v) is 18.7. The van der Waals surface area contributed by atoms with E-state index in [2.05, 4.69) is 20.4 Å². The van der Waals surface area contributed by atoms with E-state index in [0.29, 0.717) is 30.8 Å². The van der Waals surface area contributed by atoms with E-state index in [1.165, 1.54) is 17.0 Å². The number of amides is 3. The molecule has 3 aromatic rings. The summed E-state index contributed by atoms with van der Waals surface area (Å²) in [4.78, 5) is 30.0. The Morgan fingerprint density at radius 3 is 2.88 bits per heavy atom. The number of benzene rings is 1. The van der Waals surface area contributed by atoms with Gasteiger partial charge in [0.1, 0.15) is 11.9 Å². The van der Waals surface area contributed by atoms with Gasteiger partial charge in [0.15, 0.2) is 0 Å². The van der Waals surface area contributed by atoms with E-state index in [0.717, 1.165) is 24.0 Å². The average molecular weight is 462 g/mol. The lowest BCUT2D eigenvalue weighted by Gasteiger charge is -2.31. The zero-order valence-electron chi connectivity index (χ0n) is 18.7. The molecule has 11 heteroatoms. The van der Waals surface area contributed by atoms with E-state index >= 15 is 0 Å². The summed E-state index contributed by atoms with van der Waals surface area (Å²) in [5.74, 6) is -0.953. The van der Waals surface area contributed by atoms with Crippen molar-refractivity contribution in [1.82, 2.24) is 29.8 Å². The number of imide groups is 1. The lowest BCUT2D eigenvalue weighted by Crippen LogP contribution is -2.49. The number of carbonyl (C=O) groups excluding carboxylic acids is 2. The molecule has 0 bridgehead atoms. The van der Waals surface area contributed by atoms with Gasteiger partial charge in [-0.1, -0.05) is 0 Å². The molecule has 2 aliphatic heterocycles. The van der Waals surface area contributed by atoms with Gasteiger partial charge in [-0.05, 0) is 38.2 Å². The third-order valence-corrected chi connectivity index (χ3v) is 6.36. The average Bonchev–Trinajstić information content (AvgIpc) is 3.40. The summed E-state index contributed by atoms with van der Waals surface area (Å²) < 4.78 is 15.5. The van der Waals surface area contributed by atoms with Gasteiger partial charge in [0.05, 0.1) is 29.1 Å². The van der Waals surface area contributed by atoms with E-state index in [-0.39, 0.29) is 17.2 Å². The van der Waals surface area contributed by atoms with Crippen LogP contribution < -0.4 is 5.32 Å². The quantitative estimate of drug-likeness (QED) is 0.603. The molecule has 5 rings (SSSR count). The van der Waals surface area contributed by atoms with E-state index < -0.39 is 23.8 Å². The van der Waals surface area contributed by atoms with Gasteiger partial charge in [-0.15, -0.1) is 0 Å². The topological polar surface area (TPSA) is 123 Å². The maximum absolute atomic E-state index is 13.6. The number of rotatable bonds is 2. The van der Waals surface area contributed by atoms with Crippen LogP contribution in [0.1, 0.15) is 45.8 Å². The molecule has 0 saturated carbocycles. The van der Waals surface area contributed by atoms with Crippen molar-refractivity contribution in [3.63, 3.8) is 0 Å². The number of anilines is 1. The molecule has 0 radical (unpaired) electrons. The molecule has 34 heavy (non-hydrogen) atoms. The minimum atomic E-state index is -0.673. The first-order chi connectivity index (χ1) is 16.4. The van der Waals surface area contributed by atoms with Crippen molar-refractivity contribution in [3.8, 4) is 6.07 Å². The summed E-state index contributed by atoms with van der Waals surface area (Å²) in [5.41, 5.74) is 2.98. The molecular weight excluding hydrogens is 439 g/mol. The van der Waals surface area contributed by atoms with Gasteiger partial charge < -0.3 is 5.32 Å². The van der Waals surface area contributed by atoms with Crippen LogP contribution in [0.3, 0.4) is 0 Å². The first-order valence-corrected chi connectivity index (χ1v) is 11.0. The highest BCUT2D eigenvalue weighted by molar-refractivity contribution is 6.10. The number of likely N-dealkylation sites (N-methyl/N-ethyl adjacent to an activating group) is 1. The first kappa shape index (κ1) is 21.8. The molecule has 4 heterocycles. The van der Waals surface area contributed by atoms with Crippen LogP contribution in [-0.2, 0) is 19.5 Å². The lowest BCUT2D eigenvalue weighted by molar-refractivity contribution is 0.0742. The minimum absolute atomic E-state index is 0.134. The van der Waals surface area contributed by atoms with Crippen LogP contribution in [-0.4, -0.2) is 61.4 Å². The maximum Gasteiger partial charge on any atom is 0.329 e. The monoisotopic (exact) mass is 462 g/mol. The Bertz CT molecular complexity index is 1310. The fraction of sp³-hybridized carbons (Fsp3) is 0.348. The Kier molecular flexibility index (Phi) is 5.37. The SMILES string of the molecule is CC1Cc2nn3c(c2C(=O)N1C(=O)Nc1ccc(F)c(C#N)c1)CN(C)CC(c1ccn[nH]1)C3. The van der Waals surface area contributed by atoms with Gasteiger partial charge in [0.2, 0.25) is 0 Å². The molecule has 2 aromatic heterocycles. The van der Waals surface area contributed by atoms with Crippen molar-refractivity contribution >= 4 is 17.6 Å². The third-order valence-electron chi connectivity index (χ3n) is 6.36. The van der Waals surface area contributed by atoms with Crippen LogP contribution in [0.15, 0.2) is 30.5 Å². The smallest absolute Gasteiger partial charge is 0.307 e. The highest BCUT2D eigenvalue weighted by atomic mass is 19.1. The normalized spacial score (nSPS) is 20.3. The van der Waals surface area contributed by atoms with Gasteiger partial charge in [0, 0.05) is 49.0 Å². The summed E-state index contributed by atoms with van der Waals surface area (Å²) >= 11 is 0. The molecule has 2 atom stereocenters. The lowest BCUT2D eigenvalue weighted by atomic mass is 9.99. The highest BCUT2D eigenvalue weighted by Gasteiger charge is 2.40. The number of nitrogens with one attached hydrogen (secondary N) is 2. The van der Waals surface area contributed by atoms with Gasteiger partial charge in [-0.3, -0.25) is 24.4 Å². The van der Waals surface area contributed by atoms with Crippen LogP contribution in [0.4, 0.5) is 14.9 Å². The van der Waals surface area contributed by atoms with Crippen molar-refractivity contribution in [1.29, 1.82) is 5.26 Å². The standard InChI is InChI=1S/C23H23FN8O2/c1-13-7-19-21(20-12-30(2)10-15(11-31(20)29-19)18-5-6-26-28-18)22(33)32(13)23(34)27-16-3-4-17(24)14(8-16)9-25/h3-6,8,13,15H,7,10-12H2,1-2H3,(H,26,28)(H,27,34). The second-order valence-corrected chi connectivity index (χ2v) is 8.82. The molecule has 174 valence electrons. The summed E-state index contributed by atoms with van der Waals surface area (Å²) in [7, 11) is 1.99. The Hall–Kier alpha value is -4.04. The molecule has 0 saturated heterocycles. The Balaban J connectivity index is 1.44. The number of carbonyl (C=O) groups is 2. The number of aromatic nitrogens is 4. The number of aromatic amines is 1. The molecule has 2 N–H and O–H groups in total. The number of hydrogen-bond donors (Lipinski definition) is 2. The fourth-order valence-corrected chi connectivity index (χ4v) is 4.76. The van der Waals surface area contributed by atoms with E-state index in [4.69, 9.17) is 10.4 Å². The summed E-state index contributed by atoms with van der Waals surface area (Å²) in [6, 6.07) is 6.35. The van der Waals surface area contributed by atoms with Crippen molar-refractivity contribution in [3.05, 3.63) is 64.5 Å². The van der Waals surface area contributed by atoms with Crippen molar-refractivity contribution in [2.75, 3.05) is 18.9 Å². The molecule has 0 spiro atoms. The Morgan fingerprint density at radius 2 is 2.15 bits per heavy atom. The Morgan fingerprint density at radius 1 is 1.32 bits per heavy atom. The van der Waals surface area contributed by atoms with Crippen molar-refractivity contribution in [2.24, 2.45) is 0 Å². The van der Waals surface area contributed by atoms with Gasteiger partial charge in [-0.2, -0.15) is 15.5 Å². The van der Waals surface area contributed by atoms with Crippen LogP contribution in [0.2, 0.25) is 0 Å². The number of fused-ring (bicyclic) bond motifs is 3. The molecule has 1 aromatic carbocycles. The van der Waals surface area contributed by atoms with Gasteiger partial charge in [0.25, 0.3) is 5.91 Å². The summed E-state index contributed by atoms with van der Waals surface area (Å²) in [5, 5.41) is 23.5. The number of halogens is 1. The van der Waals surface area contributed by atoms with Crippen LogP contribution in [0.5, 0.6) is 0 Å². The summed E-state index contributed by atoms with van der Waals surface area (Å²) in [6.45, 7) is 3.66. The number of nitrogens with zero attached hydrogens (tertiary/aromatic N) is 6. The second-order valence-electron chi connectivity index (χ2n) is 8.82. The van der Waals surface area contributed by atoms with Crippen LogP contribution in [0.25, 0.3) is 0 Å². The van der Waals surface area contributed by atoms with Gasteiger partial charge >= 0.3 is 6.03 Å². The van der Waals surface area contributed by atoms with E-state index in [9.17, 15) is 14.0 Å². The fourth-order valence-electron chi connectivity index (χ4n) is 4.76. The molecule has 0 fully saturated rings. The number of H-pyrrole nitrogens is 1. The van der Waals surface area contributed by atoms with Crippen LogP contribution >= 0.6 is 0 Å². The number of urea groups is 1. The molecular formula is C23H23FN8O2. The molecule has 0 aliphatic carbocycles. The zero-order chi connectivity index (χ0) is 24.0. The molecule has 2 aliphatic rings. The van der Waals surface area contributed by atoms with Gasteiger partial charge in [-0.25, -0.2) is 9.18 Å². The highest BCUT2D eigenvalue weighted by Crippen LogP contribution is 2.31. The summed E-state index contributed by atoms with van der Waals surface area (Å²) in [6.07, 6.45) is 2.15. The number of nitriles is 1. The largest absolute Gasteiger partial charge is 0.329 e. The number of hydrogen-bond acceptors (Lipinski definition) is 6.